The highest BCUT2D eigenvalue weighted by molar-refractivity contribution is 5.62. The van der Waals surface area contributed by atoms with Crippen molar-refractivity contribution in [3.05, 3.63) is 50.7 Å². The van der Waals surface area contributed by atoms with Gasteiger partial charge in [-0.3, -0.25) is 14.3 Å². The Morgan fingerprint density at radius 2 is 2.04 bits per heavy atom. The second-order valence-electron chi connectivity index (χ2n) is 6.26. The zero-order valence-electron chi connectivity index (χ0n) is 16.2. The first-order valence-electron chi connectivity index (χ1n) is 9.01. The quantitative estimate of drug-likeness (QED) is 0.653. The normalized spacial score (nSPS) is 10.8. The molecule has 0 atom stereocenters. The Hall–Kier alpha value is -2.74. The van der Waals surface area contributed by atoms with Crippen LogP contribution in [0, 0.1) is 0 Å². The van der Waals surface area contributed by atoms with Crippen LogP contribution in [0.5, 0.6) is 5.75 Å². The number of nitrogens with zero attached hydrogens (tertiary/aromatic N) is 2. The first kappa shape index (κ1) is 20.6. The summed E-state index contributed by atoms with van der Waals surface area (Å²) < 4.78 is 11.9. The summed E-state index contributed by atoms with van der Waals surface area (Å²) in [5.74, 6) is 0.908. The van der Waals surface area contributed by atoms with Gasteiger partial charge in [0.1, 0.15) is 17.3 Å². The Labute approximate surface area is 158 Å². The van der Waals surface area contributed by atoms with Gasteiger partial charge in [0.2, 0.25) is 0 Å². The van der Waals surface area contributed by atoms with E-state index in [1.54, 1.807) is 14.2 Å². The molecule has 2 rings (SSSR count). The maximum Gasteiger partial charge on any atom is 0.330 e. The van der Waals surface area contributed by atoms with E-state index in [0.29, 0.717) is 26.2 Å². The smallest absolute Gasteiger partial charge is 0.330 e. The molecule has 0 aliphatic carbocycles. The molecular formula is C19H28N4O4. The van der Waals surface area contributed by atoms with Gasteiger partial charge in [0.25, 0.3) is 5.56 Å². The van der Waals surface area contributed by atoms with Crippen LogP contribution in [0.2, 0.25) is 0 Å². The van der Waals surface area contributed by atoms with Crippen LogP contribution in [0.25, 0.3) is 0 Å². The van der Waals surface area contributed by atoms with Gasteiger partial charge < -0.3 is 20.1 Å². The minimum atomic E-state index is -0.496. The van der Waals surface area contributed by atoms with Crippen molar-refractivity contribution >= 4 is 11.5 Å². The first-order chi connectivity index (χ1) is 13.0. The lowest BCUT2D eigenvalue weighted by atomic mass is 10.2. The molecule has 148 valence electrons. The minimum Gasteiger partial charge on any atom is -0.497 e. The van der Waals surface area contributed by atoms with E-state index in [-0.39, 0.29) is 11.5 Å². The molecule has 0 saturated carbocycles. The Balaban J connectivity index is 2.46. The van der Waals surface area contributed by atoms with Crippen LogP contribution in [0.4, 0.5) is 11.5 Å². The van der Waals surface area contributed by atoms with Crippen molar-refractivity contribution < 1.29 is 9.47 Å². The molecule has 1 aromatic heterocycles. The fourth-order valence-electron chi connectivity index (χ4n) is 2.88. The molecule has 0 spiro atoms. The molecule has 3 N–H and O–H groups in total. The number of nitrogens with two attached hydrogens (primary N) is 1. The average Bonchev–Trinajstić information content (AvgIpc) is 2.65. The van der Waals surface area contributed by atoms with Crippen LogP contribution in [0.1, 0.15) is 25.3 Å². The van der Waals surface area contributed by atoms with Gasteiger partial charge in [-0.1, -0.05) is 25.5 Å². The second kappa shape index (κ2) is 9.82. The summed E-state index contributed by atoms with van der Waals surface area (Å²) in [7, 11) is 3.20. The van der Waals surface area contributed by atoms with Gasteiger partial charge >= 0.3 is 5.69 Å². The van der Waals surface area contributed by atoms with Crippen LogP contribution in [-0.4, -0.2) is 36.9 Å². The predicted molar refractivity (Wildman–Crippen MR) is 107 cm³/mol. The van der Waals surface area contributed by atoms with Gasteiger partial charge in [0.15, 0.2) is 0 Å². The summed E-state index contributed by atoms with van der Waals surface area (Å²) in [5, 5.41) is 0. The van der Waals surface area contributed by atoms with Gasteiger partial charge in [-0.25, -0.2) is 4.79 Å². The lowest BCUT2D eigenvalue weighted by Crippen LogP contribution is -2.39. The number of aromatic amines is 1. The van der Waals surface area contributed by atoms with Crippen molar-refractivity contribution in [2.45, 2.75) is 32.9 Å². The Morgan fingerprint density at radius 1 is 1.26 bits per heavy atom. The Bertz CT molecular complexity index is 860. The van der Waals surface area contributed by atoms with Crippen molar-refractivity contribution in [1.29, 1.82) is 0 Å². The van der Waals surface area contributed by atoms with Crippen LogP contribution in [0.15, 0.2) is 33.9 Å². The number of nitrogens with one attached hydrogen (secondary N) is 1. The van der Waals surface area contributed by atoms with Crippen LogP contribution < -0.4 is 26.6 Å². The summed E-state index contributed by atoms with van der Waals surface area (Å²) >= 11 is 0. The largest absolute Gasteiger partial charge is 0.497 e. The lowest BCUT2D eigenvalue weighted by Gasteiger charge is -2.26. The van der Waals surface area contributed by atoms with E-state index in [9.17, 15) is 9.59 Å². The number of hydrogen-bond donors (Lipinski definition) is 2. The van der Waals surface area contributed by atoms with E-state index in [1.165, 1.54) is 4.57 Å². The summed E-state index contributed by atoms with van der Waals surface area (Å²) in [5.41, 5.74) is 6.50. The maximum absolute atomic E-state index is 12.5. The molecule has 8 heteroatoms. The predicted octanol–water partition coefficient (Wildman–Crippen LogP) is 1.58. The highest BCUT2D eigenvalue weighted by Gasteiger charge is 2.19. The van der Waals surface area contributed by atoms with Gasteiger partial charge in [-0.05, 0) is 24.1 Å². The molecule has 0 aliphatic rings. The van der Waals surface area contributed by atoms with Crippen molar-refractivity contribution in [3.63, 3.8) is 0 Å². The Kier molecular flexibility index (Phi) is 7.48. The number of benzene rings is 1. The number of anilines is 2. The van der Waals surface area contributed by atoms with Gasteiger partial charge in [0.05, 0.1) is 13.7 Å². The number of rotatable bonds is 10. The number of hydrogen-bond acceptors (Lipinski definition) is 6. The lowest BCUT2D eigenvalue weighted by molar-refractivity contribution is 0.205. The standard InChI is InChI=1S/C19H28N4O4/c1-4-5-9-23-17(20)16(18(24)21-19(23)25)22(10-11-26-2)13-14-7-6-8-15(12-14)27-3/h6-8,12H,4-5,9-11,13,20H2,1-3H3,(H,21,24,25). The number of unbranched alkanes of at least 4 members (excludes halogenated alkanes) is 1. The molecule has 1 heterocycles. The fourth-order valence-corrected chi connectivity index (χ4v) is 2.88. The maximum atomic E-state index is 12.5. The van der Waals surface area contributed by atoms with Gasteiger partial charge in [-0.2, -0.15) is 0 Å². The molecular weight excluding hydrogens is 348 g/mol. The van der Waals surface area contributed by atoms with E-state index >= 15 is 0 Å². The monoisotopic (exact) mass is 376 g/mol. The number of methoxy groups -OCH3 is 2. The fraction of sp³-hybridized carbons (Fsp3) is 0.474. The van der Waals surface area contributed by atoms with E-state index in [1.807, 2.05) is 36.1 Å². The third-order valence-corrected chi connectivity index (χ3v) is 4.34. The molecule has 27 heavy (non-hydrogen) atoms. The van der Waals surface area contributed by atoms with E-state index in [2.05, 4.69) is 4.98 Å². The molecule has 0 aliphatic heterocycles. The van der Waals surface area contributed by atoms with E-state index in [4.69, 9.17) is 15.2 Å². The summed E-state index contributed by atoms with van der Waals surface area (Å²) in [6.45, 7) is 3.79. The molecule has 8 nitrogen and oxygen atoms in total. The van der Waals surface area contributed by atoms with Crippen LogP contribution in [0.3, 0.4) is 0 Å². The van der Waals surface area contributed by atoms with Gasteiger partial charge in [-0.15, -0.1) is 0 Å². The molecule has 2 aromatic rings. The molecule has 0 fully saturated rings. The second-order valence-corrected chi connectivity index (χ2v) is 6.26. The number of nitrogen functional groups attached to an aromatic ring is 1. The molecule has 0 bridgehead atoms. The van der Waals surface area contributed by atoms with Crippen molar-refractivity contribution in [2.24, 2.45) is 0 Å². The van der Waals surface area contributed by atoms with E-state index < -0.39 is 11.2 Å². The zero-order valence-corrected chi connectivity index (χ0v) is 16.2. The minimum absolute atomic E-state index is 0.177. The number of aromatic nitrogens is 2. The summed E-state index contributed by atoms with van der Waals surface area (Å²) in [4.78, 5) is 28.9. The van der Waals surface area contributed by atoms with E-state index in [0.717, 1.165) is 24.2 Å². The number of H-pyrrole nitrogens is 1. The SMILES string of the molecule is CCCCn1c(N)c(N(CCOC)Cc2cccc(OC)c2)c(=O)[nH]c1=O. The van der Waals surface area contributed by atoms with Crippen molar-refractivity contribution in [1.82, 2.24) is 9.55 Å². The van der Waals surface area contributed by atoms with Crippen LogP contribution in [-0.2, 0) is 17.8 Å². The third-order valence-electron chi connectivity index (χ3n) is 4.34. The highest BCUT2D eigenvalue weighted by atomic mass is 16.5. The first-order valence-corrected chi connectivity index (χ1v) is 9.01. The van der Waals surface area contributed by atoms with Crippen molar-refractivity contribution in [2.75, 3.05) is 38.0 Å². The topological polar surface area (TPSA) is 103 Å². The average molecular weight is 376 g/mol. The molecule has 1 aromatic carbocycles. The van der Waals surface area contributed by atoms with Crippen molar-refractivity contribution in [3.8, 4) is 5.75 Å². The zero-order chi connectivity index (χ0) is 19.8. The number of ether oxygens (including phenoxy) is 2. The Morgan fingerprint density at radius 3 is 2.70 bits per heavy atom. The van der Waals surface area contributed by atoms with Gasteiger partial charge in [0, 0.05) is 26.7 Å². The third kappa shape index (κ3) is 5.13. The molecule has 0 unspecified atom stereocenters. The summed E-state index contributed by atoms with van der Waals surface area (Å²) in [6, 6.07) is 7.59. The molecule has 0 amide bonds. The summed E-state index contributed by atoms with van der Waals surface area (Å²) in [6.07, 6.45) is 1.71. The highest BCUT2D eigenvalue weighted by Crippen LogP contribution is 2.21. The van der Waals surface area contributed by atoms with Crippen LogP contribution >= 0.6 is 0 Å². The molecule has 0 radical (unpaired) electrons. The molecule has 0 saturated heterocycles.